The molecule has 36 heavy (non-hydrogen) atoms. The van der Waals surface area contributed by atoms with Crippen LogP contribution >= 0.6 is 0 Å². The number of anilines is 2. The van der Waals surface area contributed by atoms with Gasteiger partial charge in [-0.1, -0.05) is 60.7 Å². The monoisotopic (exact) mass is 488 g/mol. The van der Waals surface area contributed by atoms with E-state index in [0.717, 1.165) is 11.1 Å². The minimum atomic E-state index is -0.511. The smallest absolute Gasteiger partial charge is 0.304 e. The first-order valence-corrected chi connectivity index (χ1v) is 11.4. The highest BCUT2D eigenvalue weighted by Gasteiger charge is 2.21. The minimum absolute atomic E-state index is 0.123. The predicted molar refractivity (Wildman–Crippen MR) is 135 cm³/mol. The Bertz CT molecular complexity index is 1090. The lowest BCUT2D eigenvalue weighted by atomic mass is 10.1. The van der Waals surface area contributed by atoms with E-state index in [9.17, 15) is 19.2 Å². The van der Waals surface area contributed by atoms with Gasteiger partial charge in [0.15, 0.2) is 13.5 Å². The standard InChI is InChI=1S/C28H28N2O6/c1-21(31)35-19-29(27(33)17-23-9-5-3-6-10-23)25-13-15-26(16-14-25)30(20-36-22(2)32)28(34)18-24-11-7-4-8-12-24/h3-16H,17-20H2,1-2H3. The lowest BCUT2D eigenvalue weighted by Gasteiger charge is -2.25. The van der Waals surface area contributed by atoms with E-state index in [1.165, 1.54) is 23.6 Å². The van der Waals surface area contributed by atoms with Gasteiger partial charge in [-0.05, 0) is 35.4 Å². The molecule has 0 aromatic heterocycles. The predicted octanol–water partition coefficient (Wildman–Crippen LogP) is 3.88. The van der Waals surface area contributed by atoms with Gasteiger partial charge in [0.05, 0.1) is 12.8 Å². The number of carbonyl (C=O) groups excluding carboxylic acids is 4. The molecule has 0 heterocycles. The highest BCUT2D eigenvalue weighted by atomic mass is 16.5. The Kier molecular flexibility index (Phi) is 9.33. The second kappa shape index (κ2) is 12.9. The Labute approximate surface area is 210 Å². The van der Waals surface area contributed by atoms with Gasteiger partial charge in [0, 0.05) is 25.2 Å². The van der Waals surface area contributed by atoms with Crippen LogP contribution < -0.4 is 9.80 Å². The van der Waals surface area contributed by atoms with E-state index < -0.39 is 11.9 Å². The van der Waals surface area contributed by atoms with Crippen molar-refractivity contribution < 1.29 is 28.7 Å². The van der Waals surface area contributed by atoms with Gasteiger partial charge in [-0.3, -0.25) is 29.0 Å². The van der Waals surface area contributed by atoms with Crippen LogP contribution in [0.3, 0.4) is 0 Å². The number of ether oxygens (including phenoxy) is 2. The fourth-order valence-electron chi connectivity index (χ4n) is 3.44. The summed E-state index contributed by atoms with van der Waals surface area (Å²) < 4.78 is 10.2. The number of benzene rings is 3. The quantitative estimate of drug-likeness (QED) is 0.318. The van der Waals surface area contributed by atoms with Gasteiger partial charge < -0.3 is 9.47 Å². The Morgan fingerprint density at radius 3 is 1.19 bits per heavy atom. The number of nitrogens with zero attached hydrogens (tertiary/aromatic N) is 2. The molecule has 0 bridgehead atoms. The summed E-state index contributed by atoms with van der Waals surface area (Å²) in [5, 5.41) is 0. The molecule has 0 saturated heterocycles. The number of rotatable bonds is 10. The molecule has 3 aromatic rings. The Hall–Kier alpha value is -4.46. The molecule has 0 aliphatic heterocycles. The highest BCUT2D eigenvalue weighted by molar-refractivity contribution is 5.97. The Morgan fingerprint density at radius 2 is 0.889 bits per heavy atom. The molecule has 2 amide bonds. The summed E-state index contributed by atoms with van der Waals surface area (Å²) in [4.78, 5) is 51.6. The molecule has 3 aromatic carbocycles. The topological polar surface area (TPSA) is 93.2 Å². The van der Waals surface area contributed by atoms with Gasteiger partial charge in [0.1, 0.15) is 0 Å². The van der Waals surface area contributed by atoms with E-state index in [4.69, 9.17) is 9.47 Å². The molecule has 0 atom stereocenters. The number of carbonyl (C=O) groups is 4. The van der Waals surface area contributed by atoms with Crippen molar-refractivity contribution in [2.75, 3.05) is 23.3 Å². The zero-order valence-corrected chi connectivity index (χ0v) is 20.3. The molecule has 0 unspecified atom stereocenters. The first kappa shape index (κ1) is 26.2. The number of hydrogen-bond donors (Lipinski definition) is 0. The molecular formula is C28H28N2O6. The molecule has 0 saturated carbocycles. The maximum Gasteiger partial charge on any atom is 0.304 e. The van der Waals surface area contributed by atoms with Crippen LogP contribution in [0.4, 0.5) is 11.4 Å². The van der Waals surface area contributed by atoms with Crippen molar-refractivity contribution in [2.45, 2.75) is 26.7 Å². The second-order valence-electron chi connectivity index (χ2n) is 8.01. The molecule has 0 aliphatic rings. The molecular weight excluding hydrogens is 460 g/mol. The van der Waals surface area contributed by atoms with Crippen molar-refractivity contribution in [3.63, 3.8) is 0 Å². The van der Waals surface area contributed by atoms with E-state index >= 15 is 0 Å². The molecule has 8 heteroatoms. The van der Waals surface area contributed by atoms with Crippen LogP contribution in [-0.2, 0) is 41.5 Å². The third kappa shape index (κ3) is 7.80. The molecule has 0 N–H and O–H groups in total. The van der Waals surface area contributed by atoms with E-state index in [1.54, 1.807) is 24.3 Å². The van der Waals surface area contributed by atoms with E-state index in [-0.39, 0.29) is 38.1 Å². The number of esters is 2. The van der Waals surface area contributed by atoms with Gasteiger partial charge in [0.2, 0.25) is 11.8 Å². The Balaban J connectivity index is 1.82. The molecule has 186 valence electrons. The summed E-state index contributed by atoms with van der Waals surface area (Å²) in [5.41, 5.74) is 2.63. The molecule has 0 spiro atoms. The number of hydrogen-bond acceptors (Lipinski definition) is 6. The SMILES string of the molecule is CC(=O)OCN(C(=O)Cc1ccccc1)c1ccc(N(COC(C)=O)C(=O)Cc2ccccc2)cc1. The number of amides is 2. The van der Waals surface area contributed by atoms with Crippen molar-refractivity contribution >= 4 is 35.1 Å². The second-order valence-corrected chi connectivity index (χ2v) is 8.01. The van der Waals surface area contributed by atoms with E-state index in [0.29, 0.717) is 11.4 Å². The van der Waals surface area contributed by atoms with Crippen LogP contribution in [0.5, 0.6) is 0 Å². The average Bonchev–Trinajstić information content (AvgIpc) is 2.86. The van der Waals surface area contributed by atoms with Crippen molar-refractivity contribution in [3.8, 4) is 0 Å². The van der Waals surface area contributed by atoms with E-state index in [1.807, 2.05) is 60.7 Å². The highest BCUT2D eigenvalue weighted by Crippen LogP contribution is 2.23. The Morgan fingerprint density at radius 1 is 0.556 bits per heavy atom. The first-order chi connectivity index (χ1) is 17.3. The van der Waals surface area contributed by atoms with Crippen molar-refractivity contribution in [2.24, 2.45) is 0 Å². The fourth-order valence-corrected chi connectivity index (χ4v) is 3.44. The van der Waals surface area contributed by atoms with Crippen LogP contribution in [0, 0.1) is 0 Å². The van der Waals surface area contributed by atoms with E-state index in [2.05, 4.69) is 0 Å². The van der Waals surface area contributed by atoms with Crippen molar-refractivity contribution in [1.29, 1.82) is 0 Å². The van der Waals surface area contributed by atoms with Crippen molar-refractivity contribution in [3.05, 3.63) is 96.1 Å². The zero-order chi connectivity index (χ0) is 25.9. The zero-order valence-electron chi connectivity index (χ0n) is 20.3. The summed E-state index contributed by atoms with van der Waals surface area (Å²) >= 11 is 0. The third-order valence-corrected chi connectivity index (χ3v) is 5.27. The third-order valence-electron chi connectivity index (χ3n) is 5.27. The lowest BCUT2D eigenvalue weighted by Crippen LogP contribution is -2.36. The lowest BCUT2D eigenvalue weighted by molar-refractivity contribution is -0.142. The average molecular weight is 489 g/mol. The molecule has 0 aliphatic carbocycles. The van der Waals surface area contributed by atoms with Gasteiger partial charge in [-0.15, -0.1) is 0 Å². The van der Waals surface area contributed by atoms with Crippen LogP contribution in [0.25, 0.3) is 0 Å². The normalized spacial score (nSPS) is 10.3. The summed E-state index contributed by atoms with van der Waals surface area (Å²) in [6.45, 7) is 2.05. The molecule has 8 nitrogen and oxygen atoms in total. The van der Waals surface area contributed by atoms with Crippen LogP contribution in [-0.4, -0.2) is 37.2 Å². The summed E-state index contributed by atoms with van der Waals surface area (Å²) in [7, 11) is 0. The van der Waals surface area contributed by atoms with Gasteiger partial charge in [-0.25, -0.2) is 0 Å². The molecule has 0 radical (unpaired) electrons. The van der Waals surface area contributed by atoms with Crippen LogP contribution in [0.2, 0.25) is 0 Å². The maximum absolute atomic E-state index is 13.0. The van der Waals surface area contributed by atoms with Crippen molar-refractivity contribution in [1.82, 2.24) is 0 Å². The van der Waals surface area contributed by atoms with Crippen LogP contribution in [0.1, 0.15) is 25.0 Å². The van der Waals surface area contributed by atoms with Gasteiger partial charge in [-0.2, -0.15) is 0 Å². The van der Waals surface area contributed by atoms with Crippen LogP contribution in [0.15, 0.2) is 84.9 Å². The summed E-state index contributed by atoms with van der Waals surface area (Å²) in [5.74, 6) is -1.54. The fraction of sp³-hybridized carbons (Fsp3) is 0.214. The summed E-state index contributed by atoms with van der Waals surface area (Å²) in [6, 6.07) is 25.1. The largest absolute Gasteiger partial charge is 0.444 e. The summed E-state index contributed by atoms with van der Waals surface area (Å²) in [6.07, 6.45) is 0.246. The van der Waals surface area contributed by atoms with Gasteiger partial charge >= 0.3 is 11.9 Å². The molecule has 0 fully saturated rings. The minimum Gasteiger partial charge on any atom is -0.444 e. The first-order valence-electron chi connectivity index (χ1n) is 11.4. The van der Waals surface area contributed by atoms with Gasteiger partial charge in [0.25, 0.3) is 0 Å². The molecule has 3 rings (SSSR count). The maximum atomic E-state index is 13.0.